The molecule has 6 rings (SSSR count). The lowest BCUT2D eigenvalue weighted by Gasteiger charge is -2.40. The highest BCUT2D eigenvalue weighted by Crippen LogP contribution is 2.38. The van der Waals surface area contributed by atoms with E-state index in [1.54, 1.807) is 45.0 Å². The zero-order chi connectivity index (χ0) is 89.6. The first-order valence-corrected chi connectivity index (χ1v) is 48.0. The summed E-state index contributed by atoms with van der Waals surface area (Å²) >= 11 is 0. The van der Waals surface area contributed by atoms with Crippen molar-refractivity contribution >= 4 is 41.0 Å². The standard InChI is InChI=1S/C52H84N2O10.C36H56N2O7.C8H16O.C4H10O/c1-7-11-13-18-21-24-50-61-42(9-3)35-46(63-50)37-47-36-45(34-39(5)55)62-51(64-47)25-22-19-16-14-15-17-20-23-33-58-49-31-30-44(60-40(6)52(56)59-32-12-8-2)38-48(49)54-53-41-26-28-43(29-27-41)57-10-4;1-6-10-26-44-36(39)29(5)45-32-24-25-34(33(28-32)38-37-30-20-22-31(23-21-30)40-7-2)43-27-18-16-14-12-11-13-15-17-19-35(41-8-3)42-9-4;1-2-3-4-5-6-7-8-9;1-3-4(2)5/h26-31,38-40,42,45-47,50-51,55H,7-25,32-37H2,1-6H3;20-25,28-29,35H,6-19,26-27H2,1-5H3;8H,2-7H2,1H3;4-5H,3H2,1-2H3. The molecule has 0 radical (unpaired) electrons. The van der Waals surface area contributed by atoms with Crippen molar-refractivity contribution in [2.45, 2.75) is 421 Å². The Morgan fingerprint density at radius 3 is 1.17 bits per heavy atom. The van der Waals surface area contributed by atoms with Crippen LogP contribution in [-0.4, -0.2) is 149 Å². The van der Waals surface area contributed by atoms with Crippen LogP contribution >= 0.6 is 0 Å². The maximum absolute atomic E-state index is 12.4. The van der Waals surface area contributed by atoms with Crippen molar-refractivity contribution in [2.75, 3.05) is 52.9 Å². The average Bonchev–Trinajstić information content (AvgIpc) is 0.998. The maximum Gasteiger partial charge on any atom is 0.347 e. The Bertz CT molecular complexity index is 3270. The molecule has 23 nitrogen and oxygen atoms in total. The van der Waals surface area contributed by atoms with Crippen LogP contribution in [0.15, 0.2) is 105 Å². The van der Waals surface area contributed by atoms with Crippen molar-refractivity contribution in [3.63, 3.8) is 0 Å². The van der Waals surface area contributed by atoms with Crippen LogP contribution in [-0.2, 0) is 52.3 Å². The molecule has 4 aromatic rings. The molecular weight excluding hydrogens is 1560 g/mol. The molecule has 2 aliphatic rings. The van der Waals surface area contributed by atoms with Crippen LogP contribution in [0.5, 0.6) is 34.5 Å². The van der Waals surface area contributed by atoms with Gasteiger partial charge in [0, 0.05) is 51.0 Å². The lowest BCUT2D eigenvalue weighted by molar-refractivity contribution is -0.275. The summed E-state index contributed by atoms with van der Waals surface area (Å²) in [5, 5.41) is 36.4. The van der Waals surface area contributed by atoms with Gasteiger partial charge in [-0.05, 0) is 218 Å². The number of rotatable bonds is 66. The Morgan fingerprint density at radius 1 is 0.407 bits per heavy atom. The lowest BCUT2D eigenvalue weighted by atomic mass is 9.96. The summed E-state index contributed by atoms with van der Waals surface area (Å²) in [4.78, 5) is 34.6. The van der Waals surface area contributed by atoms with Crippen LogP contribution in [0.1, 0.15) is 354 Å². The number of aliphatic hydroxyl groups excluding tert-OH is 2. The van der Waals surface area contributed by atoms with Crippen molar-refractivity contribution in [2.24, 2.45) is 20.5 Å². The zero-order valence-electron chi connectivity index (χ0n) is 78.6. The number of nitrogens with zero attached hydrogens (tertiary/aromatic N) is 4. The number of carbonyl (C=O) groups excluding carboxylic acids is 3. The minimum absolute atomic E-state index is 0.00128. The summed E-state index contributed by atoms with van der Waals surface area (Å²) in [6.07, 6.45) is 41.8. The van der Waals surface area contributed by atoms with Gasteiger partial charge < -0.3 is 81.3 Å². The first-order chi connectivity index (χ1) is 59.9. The first kappa shape index (κ1) is 110. The molecule has 0 spiro atoms. The van der Waals surface area contributed by atoms with Gasteiger partial charge in [0.25, 0.3) is 0 Å². The summed E-state index contributed by atoms with van der Waals surface area (Å²) in [6, 6.07) is 25.6. The van der Waals surface area contributed by atoms with E-state index < -0.39 is 30.3 Å². The van der Waals surface area contributed by atoms with E-state index in [0.717, 1.165) is 165 Å². The van der Waals surface area contributed by atoms with Crippen LogP contribution in [0.2, 0.25) is 0 Å². The molecule has 2 N–H and O–H groups in total. The van der Waals surface area contributed by atoms with Gasteiger partial charge in [-0.2, -0.15) is 10.2 Å². The van der Waals surface area contributed by atoms with Crippen LogP contribution in [0, 0.1) is 0 Å². The molecule has 10 atom stereocenters. The Kier molecular flexibility index (Phi) is 65.7. The fourth-order valence-corrected chi connectivity index (χ4v) is 13.7. The van der Waals surface area contributed by atoms with Gasteiger partial charge in [-0.25, -0.2) is 9.59 Å². The number of benzene rings is 4. The van der Waals surface area contributed by atoms with Crippen molar-refractivity contribution in [1.29, 1.82) is 0 Å². The second-order valence-corrected chi connectivity index (χ2v) is 32.3. The normalized spacial score (nSPS) is 17.3. The van der Waals surface area contributed by atoms with E-state index in [4.69, 9.17) is 71.4 Å². The number of unbranched alkanes of at least 4 members (excludes halogenated alkanes) is 25. The van der Waals surface area contributed by atoms with E-state index in [2.05, 4.69) is 48.2 Å². The molecule has 2 saturated heterocycles. The number of hydrogen-bond donors (Lipinski definition) is 2. The third-order valence-electron chi connectivity index (χ3n) is 20.9. The summed E-state index contributed by atoms with van der Waals surface area (Å²) in [7, 11) is 0. The van der Waals surface area contributed by atoms with Crippen LogP contribution in [0.25, 0.3) is 0 Å². The fraction of sp³-hybridized carbons (Fsp3) is 0.730. The van der Waals surface area contributed by atoms with Gasteiger partial charge in [-0.15, -0.1) is 10.2 Å². The quantitative estimate of drug-likeness (QED) is 0.0137. The molecule has 4 aromatic carbocycles. The van der Waals surface area contributed by atoms with Gasteiger partial charge in [0.2, 0.25) is 0 Å². The number of azo groups is 2. The smallest absolute Gasteiger partial charge is 0.347 e. The molecular formula is C100H166N4O19. The van der Waals surface area contributed by atoms with Crippen molar-refractivity contribution in [1.82, 2.24) is 0 Å². The molecule has 0 saturated carbocycles. The predicted octanol–water partition coefficient (Wildman–Crippen LogP) is 26.7. The molecule has 0 amide bonds. The molecule has 123 heavy (non-hydrogen) atoms. The molecule has 2 aliphatic heterocycles. The van der Waals surface area contributed by atoms with Gasteiger partial charge in [-0.1, -0.05) is 183 Å². The van der Waals surface area contributed by atoms with Crippen molar-refractivity contribution in [3.05, 3.63) is 84.9 Å². The molecule has 700 valence electrons. The summed E-state index contributed by atoms with van der Waals surface area (Å²) in [6.45, 7) is 32.1. The van der Waals surface area contributed by atoms with E-state index in [1.807, 2.05) is 109 Å². The monoisotopic (exact) mass is 1730 g/mol. The number of aliphatic hydroxyl groups is 2. The van der Waals surface area contributed by atoms with Gasteiger partial charge in [0.15, 0.2) is 31.1 Å². The second kappa shape index (κ2) is 73.2. The Morgan fingerprint density at radius 2 is 0.780 bits per heavy atom. The summed E-state index contributed by atoms with van der Waals surface area (Å²) < 4.78 is 82.8. The van der Waals surface area contributed by atoms with Crippen LogP contribution in [0.3, 0.4) is 0 Å². The van der Waals surface area contributed by atoms with Gasteiger partial charge in [0.1, 0.15) is 52.2 Å². The number of hydrogen-bond acceptors (Lipinski definition) is 23. The zero-order valence-corrected chi connectivity index (χ0v) is 78.6. The highest BCUT2D eigenvalue weighted by atomic mass is 16.7. The van der Waals surface area contributed by atoms with E-state index in [-0.39, 0.29) is 49.4 Å². The average molecular weight is 1730 g/mol. The molecule has 0 bridgehead atoms. The highest BCUT2D eigenvalue weighted by Gasteiger charge is 2.36. The molecule has 0 aromatic heterocycles. The molecule has 0 aliphatic carbocycles. The largest absolute Gasteiger partial charge is 0.494 e. The minimum atomic E-state index is -0.762. The van der Waals surface area contributed by atoms with Crippen LogP contribution < -0.4 is 28.4 Å². The number of carbonyl (C=O) groups is 3. The van der Waals surface area contributed by atoms with Gasteiger partial charge in [-0.3, -0.25) is 0 Å². The second-order valence-electron chi connectivity index (χ2n) is 32.3. The van der Waals surface area contributed by atoms with Crippen LogP contribution in [0.4, 0.5) is 22.7 Å². The van der Waals surface area contributed by atoms with Gasteiger partial charge >= 0.3 is 11.9 Å². The maximum atomic E-state index is 12.4. The third kappa shape index (κ3) is 54.7. The highest BCUT2D eigenvalue weighted by molar-refractivity contribution is 5.75. The Labute approximate surface area is 742 Å². The summed E-state index contributed by atoms with van der Waals surface area (Å²) in [5.41, 5.74) is 2.42. The molecule has 2 heterocycles. The number of aldehydes is 1. The third-order valence-corrected chi connectivity index (χ3v) is 20.9. The molecule has 10 unspecified atom stereocenters. The Hall–Kier alpha value is -6.83. The SMILES string of the molecule is CCC(C)O.CCCCCCCC1OC(CC)CC(CC2CC(CC(C)O)OC(CCCCCCCCCCOc3ccc(OC(C)C(=O)OCCCC)cc3N=Nc3ccc(OCC)cc3)O2)O1.CCCCCCCC=O.CCCCOC(=O)C(C)Oc1ccc(OCCCCCCCCCCC(OCC)OCC)c(N=Nc2ccc(OCC)cc2)c1. The molecule has 23 heteroatoms. The predicted molar refractivity (Wildman–Crippen MR) is 492 cm³/mol. The van der Waals surface area contributed by atoms with Crippen molar-refractivity contribution in [3.8, 4) is 34.5 Å². The summed E-state index contributed by atoms with van der Waals surface area (Å²) in [5.74, 6) is 2.97. The van der Waals surface area contributed by atoms with Gasteiger partial charge in [0.05, 0.1) is 87.6 Å². The minimum Gasteiger partial charge on any atom is -0.494 e. The lowest BCUT2D eigenvalue weighted by Crippen LogP contribution is -2.44. The van der Waals surface area contributed by atoms with E-state index >= 15 is 0 Å². The molecule has 2 fully saturated rings. The van der Waals surface area contributed by atoms with E-state index in [9.17, 15) is 19.5 Å². The fourth-order valence-electron chi connectivity index (χ4n) is 13.7. The number of esters is 2. The first-order valence-electron chi connectivity index (χ1n) is 48.0. The Balaban J connectivity index is 0.000000572. The van der Waals surface area contributed by atoms with E-state index in [0.29, 0.717) is 105 Å². The number of ether oxygens (including phenoxy) is 14. The van der Waals surface area contributed by atoms with E-state index in [1.165, 1.54) is 103 Å². The topological polar surface area (TPSA) is 270 Å². The van der Waals surface area contributed by atoms with Crippen molar-refractivity contribution < 1.29 is 90.9 Å².